The van der Waals surface area contributed by atoms with Crippen molar-refractivity contribution in [1.82, 2.24) is 15.5 Å². The molecule has 1 heterocycles. The summed E-state index contributed by atoms with van der Waals surface area (Å²) in [7, 11) is 2.93. The zero-order valence-corrected chi connectivity index (χ0v) is 22.6. The number of primary amides is 1. The van der Waals surface area contributed by atoms with Gasteiger partial charge in [-0.25, -0.2) is 0 Å². The van der Waals surface area contributed by atoms with Crippen molar-refractivity contribution in [2.45, 2.75) is 64.0 Å². The summed E-state index contributed by atoms with van der Waals surface area (Å²) in [5.41, 5.74) is 6.67. The average Bonchev–Trinajstić information content (AvgIpc) is 3.42. The molecule has 1 aliphatic rings. The second-order valence-corrected chi connectivity index (χ2v) is 9.73. The Balaban J connectivity index is 2.03. The SMILES string of the molecule is CNC(=O)[C@H](C1CCCCC1)N(C(=O)c1ccc(-c2ccc(NC(C)=O)cc2)o1)[C@@H](CCC(N)=O)C(=O)NC. The zero-order chi connectivity index (χ0) is 28.5. The highest BCUT2D eigenvalue weighted by atomic mass is 16.4. The number of carbonyl (C=O) groups is 5. The standard InChI is InChI=1S/C28H37N5O6/c1-17(34)32-20-11-9-18(10-12-20)22-14-15-23(39-22)28(38)33(21(26(36)30-2)13-16-24(29)35)25(27(37)31-3)19-7-5-4-6-8-19/h9-12,14-15,19,21,25H,4-8,13,16H2,1-3H3,(H2,29,35)(H,30,36)(H,31,37)(H,32,34)/t21-,25-/m0/s1. The number of furan rings is 1. The largest absolute Gasteiger partial charge is 0.451 e. The Bertz CT molecular complexity index is 1190. The first-order valence-electron chi connectivity index (χ1n) is 13.2. The van der Waals surface area contributed by atoms with Crippen molar-refractivity contribution >= 4 is 35.2 Å². The summed E-state index contributed by atoms with van der Waals surface area (Å²) < 4.78 is 5.94. The average molecular weight is 540 g/mol. The number of amides is 5. The van der Waals surface area contributed by atoms with Gasteiger partial charge in [-0.1, -0.05) is 19.3 Å². The first kappa shape index (κ1) is 29.4. The lowest BCUT2D eigenvalue weighted by Crippen LogP contribution is -2.60. The Kier molecular flexibility index (Phi) is 10.2. The third-order valence-electron chi connectivity index (χ3n) is 7.00. The first-order chi connectivity index (χ1) is 18.7. The molecule has 2 atom stereocenters. The van der Waals surface area contributed by atoms with E-state index in [1.165, 1.54) is 32.0 Å². The van der Waals surface area contributed by atoms with Crippen molar-refractivity contribution in [3.63, 3.8) is 0 Å². The van der Waals surface area contributed by atoms with Gasteiger partial charge in [0, 0.05) is 38.7 Å². The Morgan fingerprint density at radius 3 is 2.15 bits per heavy atom. The molecular formula is C28H37N5O6. The first-order valence-corrected chi connectivity index (χ1v) is 13.2. The molecule has 1 aromatic carbocycles. The highest BCUT2D eigenvalue weighted by Gasteiger charge is 2.43. The van der Waals surface area contributed by atoms with Crippen molar-refractivity contribution in [2.75, 3.05) is 19.4 Å². The number of rotatable bonds is 11. The van der Waals surface area contributed by atoms with Crippen molar-refractivity contribution in [3.8, 4) is 11.3 Å². The number of benzene rings is 1. The van der Waals surface area contributed by atoms with Gasteiger partial charge in [-0.15, -0.1) is 0 Å². The van der Waals surface area contributed by atoms with Gasteiger partial charge in [-0.2, -0.15) is 0 Å². The van der Waals surface area contributed by atoms with E-state index in [1.807, 2.05) is 0 Å². The predicted octanol–water partition coefficient (Wildman–Crippen LogP) is 2.42. The molecule has 2 aromatic rings. The van der Waals surface area contributed by atoms with Crippen LogP contribution in [0, 0.1) is 5.92 Å². The molecule has 0 radical (unpaired) electrons. The fraction of sp³-hybridized carbons (Fsp3) is 0.464. The van der Waals surface area contributed by atoms with E-state index in [9.17, 15) is 24.0 Å². The molecule has 0 unspecified atom stereocenters. The summed E-state index contributed by atoms with van der Waals surface area (Å²) in [6.07, 6.45) is 4.12. The highest BCUT2D eigenvalue weighted by molar-refractivity contribution is 5.99. The summed E-state index contributed by atoms with van der Waals surface area (Å²) in [6, 6.07) is 7.98. The minimum absolute atomic E-state index is 0.0425. The van der Waals surface area contributed by atoms with Crippen LogP contribution in [-0.4, -0.2) is 60.6 Å². The molecule has 0 bridgehead atoms. The highest BCUT2D eigenvalue weighted by Crippen LogP contribution is 2.33. The molecule has 39 heavy (non-hydrogen) atoms. The Morgan fingerprint density at radius 1 is 0.949 bits per heavy atom. The van der Waals surface area contributed by atoms with Crippen LogP contribution in [-0.2, 0) is 19.2 Å². The molecule has 1 saturated carbocycles. The van der Waals surface area contributed by atoms with Crippen LogP contribution in [0.1, 0.15) is 62.4 Å². The van der Waals surface area contributed by atoms with E-state index in [0.717, 1.165) is 32.1 Å². The maximum absolute atomic E-state index is 14.1. The lowest BCUT2D eigenvalue weighted by Gasteiger charge is -2.40. The quantitative estimate of drug-likeness (QED) is 0.343. The van der Waals surface area contributed by atoms with Gasteiger partial charge in [-0.3, -0.25) is 24.0 Å². The van der Waals surface area contributed by atoms with Crippen LogP contribution in [0.3, 0.4) is 0 Å². The number of nitrogens with one attached hydrogen (secondary N) is 3. The van der Waals surface area contributed by atoms with Crippen LogP contribution in [0.4, 0.5) is 5.69 Å². The van der Waals surface area contributed by atoms with E-state index in [0.29, 0.717) is 17.0 Å². The summed E-state index contributed by atoms with van der Waals surface area (Å²) in [6.45, 7) is 1.42. The molecule has 11 nitrogen and oxygen atoms in total. The molecule has 1 aliphatic carbocycles. The van der Waals surface area contributed by atoms with E-state index in [1.54, 1.807) is 30.3 Å². The van der Waals surface area contributed by atoms with Crippen molar-refractivity contribution in [3.05, 3.63) is 42.2 Å². The van der Waals surface area contributed by atoms with Gasteiger partial charge in [0.1, 0.15) is 17.8 Å². The lowest BCUT2D eigenvalue weighted by atomic mass is 9.82. The van der Waals surface area contributed by atoms with Gasteiger partial charge in [-0.05, 0) is 61.6 Å². The number of nitrogens with zero attached hydrogens (tertiary/aromatic N) is 1. The predicted molar refractivity (Wildman–Crippen MR) is 145 cm³/mol. The van der Waals surface area contributed by atoms with Crippen LogP contribution in [0.25, 0.3) is 11.3 Å². The van der Waals surface area contributed by atoms with Crippen LogP contribution in [0.5, 0.6) is 0 Å². The normalized spacial score (nSPS) is 15.1. The van der Waals surface area contributed by atoms with E-state index < -0.39 is 29.8 Å². The maximum atomic E-state index is 14.1. The van der Waals surface area contributed by atoms with Crippen molar-refractivity contribution in [1.29, 1.82) is 0 Å². The summed E-state index contributed by atoms with van der Waals surface area (Å²) in [5, 5.41) is 7.91. The number of hydrogen-bond donors (Lipinski definition) is 4. The molecule has 210 valence electrons. The van der Waals surface area contributed by atoms with Gasteiger partial charge in [0.05, 0.1) is 0 Å². The number of hydrogen-bond acceptors (Lipinski definition) is 6. The van der Waals surface area contributed by atoms with E-state index >= 15 is 0 Å². The van der Waals surface area contributed by atoms with Gasteiger partial charge < -0.3 is 31.0 Å². The smallest absolute Gasteiger partial charge is 0.290 e. The van der Waals surface area contributed by atoms with Crippen LogP contribution >= 0.6 is 0 Å². The molecule has 1 fully saturated rings. The third kappa shape index (κ3) is 7.46. The fourth-order valence-electron chi connectivity index (χ4n) is 5.13. The number of likely N-dealkylation sites (N-methyl/N-ethyl adjacent to an activating group) is 2. The summed E-state index contributed by atoms with van der Waals surface area (Å²) in [4.78, 5) is 64.7. The molecule has 0 saturated heterocycles. The Morgan fingerprint density at radius 2 is 1.59 bits per heavy atom. The number of carbonyl (C=O) groups excluding carboxylic acids is 5. The van der Waals surface area contributed by atoms with E-state index in [4.69, 9.17) is 10.2 Å². The topological polar surface area (TPSA) is 164 Å². The minimum atomic E-state index is -1.12. The third-order valence-corrected chi connectivity index (χ3v) is 7.00. The second-order valence-electron chi connectivity index (χ2n) is 9.73. The van der Waals surface area contributed by atoms with Crippen molar-refractivity contribution < 1.29 is 28.4 Å². The maximum Gasteiger partial charge on any atom is 0.290 e. The zero-order valence-electron chi connectivity index (χ0n) is 22.6. The molecule has 5 N–H and O–H groups in total. The van der Waals surface area contributed by atoms with Crippen LogP contribution in [0.2, 0.25) is 0 Å². The monoisotopic (exact) mass is 539 g/mol. The number of nitrogens with two attached hydrogens (primary N) is 1. The van der Waals surface area contributed by atoms with Gasteiger partial charge in [0.25, 0.3) is 5.91 Å². The van der Waals surface area contributed by atoms with Gasteiger partial charge in [0.2, 0.25) is 23.6 Å². The van der Waals surface area contributed by atoms with Crippen molar-refractivity contribution in [2.24, 2.45) is 11.7 Å². The second kappa shape index (κ2) is 13.6. The molecule has 0 aliphatic heterocycles. The van der Waals surface area contributed by atoms with E-state index in [2.05, 4.69) is 16.0 Å². The molecule has 1 aromatic heterocycles. The molecule has 0 spiro atoms. The molecular weight excluding hydrogens is 502 g/mol. The molecule has 11 heteroatoms. The van der Waals surface area contributed by atoms with Crippen LogP contribution in [0.15, 0.2) is 40.8 Å². The van der Waals surface area contributed by atoms with E-state index in [-0.39, 0.29) is 36.3 Å². The minimum Gasteiger partial charge on any atom is -0.451 e. The Labute approximate surface area is 227 Å². The molecule has 3 rings (SSSR count). The molecule has 5 amide bonds. The number of anilines is 1. The summed E-state index contributed by atoms with van der Waals surface area (Å²) >= 11 is 0. The fourth-order valence-corrected chi connectivity index (χ4v) is 5.13. The van der Waals surface area contributed by atoms with Gasteiger partial charge in [0.15, 0.2) is 5.76 Å². The Hall–Kier alpha value is -4.15. The van der Waals surface area contributed by atoms with Crippen LogP contribution < -0.4 is 21.7 Å². The summed E-state index contributed by atoms with van der Waals surface area (Å²) in [5.74, 6) is -2.15. The van der Waals surface area contributed by atoms with Gasteiger partial charge >= 0.3 is 0 Å². The lowest BCUT2D eigenvalue weighted by molar-refractivity contribution is -0.133.